The van der Waals surface area contributed by atoms with Gasteiger partial charge in [-0.15, -0.1) is 0 Å². The molecule has 31 heavy (non-hydrogen) atoms. The van der Waals surface area contributed by atoms with Crippen molar-refractivity contribution in [3.05, 3.63) is 52.7 Å². The normalized spacial score (nSPS) is 11.4. The Bertz CT molecular complexity index is 1020. The molecule has 2 rings (SSSR count). The fraction of sp³-hybridized carbons (Fsp3) is 0.318. The molecule has 0 fully saturated rings. The van der Waals surface area contributed by atoms with Crippen LogP contribution in [0.25, 0.3) is 11.3 Å². The van der Waals surface area contributed by atoms with Crippen LogP contribution in [0.1, 0.15) is 41.0 Å². The summed E-state index contributed by atoms with van der Waals surface area (Å²) in [7, 11) is 2.64. The summed E-state index contributed by atoms with van der Waals surface area (Å²) in [5.41, 5.74) is 1.67. The van der Waals surface area contributed by atoms with E-state index in [0.29, 0.717) is 28.3 Å². The van der Waals surface area contributed by atoms with Crippen molar-refractivity contribution in [1.29, 1.82) is 5.26 Å². The van der Waals surface area contributed by atoms with Crippen LogP contribution in [-0.2, 0) is 9.53 Å². The summed E-state index contributed by atoms with van der Waals surface area (Å²) in [6.07, 6.45) is 3.52. The van der Waals surface area contributed by atoms with Crippen molar-refractivity contribution in [3.63, 3.8) is 0 Å². The number of carbonyl (C=O) groups excluding carboxylic acids is 3. The number of ether oxygens (including phenoxy) is 1. The van der Waals surface area contributed by atoms with Crippen molar-refractivity contribution in [2.75, 3.05) is 14.2 Å². The number of nitrogens with one attached hydrogen (secondary N) is 1. The van der Waals surface area contributed by atoms with E-state index in [-0.39, 0.29) is 11.5 Å². The second-order valence-corrected chi connectivity index (χ2v) is 7.68. The number of halogens is 1. The first-order chi connectivity index (χ1) is 14.7. The van der Waals surface area contributed by atoms with Gasteiger partial charge in [0.15, 0.2) is 6.19 Å². The second-order valence-electron chi connectivity index (χ2n) is 7.27. The van der Waals surface area contributed by atoms with Crippen molar-refractivity contribution in [3.8, 4) is 17.5 Å². The van der Waals surface area contributed by atoms with E-state index in [1.807, 2.05) is 13.8 Å². The number of amides is 2. The Morgan fingerprint density at radius 2 is 1.90 bits per heavy atom. The van der Waals surface area contributed by atoms with Crippen LogP contribution < -0.4 is 5.32 Å². The zero-order valence-electron chi connectivity index (χ0n) is 17.7. The molecular formula is C22H23ClN4O4. The van der Waals surface area contributed by atoms with Gasteiger partial charge in [0.25, 0.3) is 11.8 Å². The first-order valence-electron chi connectivity index (χ1n) is 9.50. The zero-order valence-corrected chi connectivity index (χ0v) is 18.4. The lowest BCUT2D eigenvalue weighted by molar-refractivity contribution is -0.129. The molecule has 162 valence electrons. The van der Waals surface area contributed by atoms with Gasteiger partial charge in [-0.05, 0) is 36.6 Å². The molecule has 2 amide bonds. The average molecular weight is 443 g/mol. The van der Waals surface area contributed by atoms with Crippen LogP contribution in [-0.4, -0.2) is 47.9 Å². The van der Waals surface area contributed by atoms with Crippen molar-refractivity contribution in [2.45, 2.75) is 26.3 Å². The Balaban J connectivity index is 2.20. The number of nitrogens with zero attached hydrogens (tertiary/aromatic N) is 3. The highest BCUT2D eigenvalue weighted by Crippen LogP contribution is 2.27. The molecule has 0 radical (unpaired) electrons. The van der Waals surface area contributed by atoms with Crippen molar-refractivity contribution < 1.29 is 19.1 Å². The van der Waals surface area contributed by atoms with Crippen LogP contribution >= 0.6 is 11.6 Å². The molecule has 0 aliphatic carbocycles. The molecule has 0 spiro atoms. The second kappa shape index (κ2) is 10.5. The van der Waals surface area contributed by atoms with E-state index in [0.717, 1.165) is 4.90 Å². The number of benzene rings is 1. The van der Waals surface area contributed by atoms with Crippen LogP contribution in [0.4, 0.5) is 0 Å². The number of rotatable bonds is 7. The number of pyridine rings is 1. The highest BCUT2D eigenvalue weighted by Gasteiger charge is 2.25. The maximum absolute atomic E-state index is 12.6. The first kappa shape index (κ1) is 23.8. The number of methoxy groups -OCH3 is 1. The van der Waals surface area contributed by atoms with Crippen LogP contribution in [0, 0.1) is 17.4 Å². The van der Waals surface area contributed by atoms with Gasteiger partial charge >= 0.3 is 5.97 Å². The van der Waals surface area contributed by atoms with E-state index in [9.17, 15) is 14.4 Å². The Hall–Kier alpha value is -3.44. The fourth-order valence-corrected chi connectivity index (χ4v) is 3.15. The summed E-state index contributed by atoms with van der Waals surface area (Å²) in [5, 5.41) is 12.0. The average Bonchev–Trinajstić information content (AvgIpc) is 2.76. The molecule has 9 heteroatoms. The molecule has 0 bridgehead atoms. The van der Waals surface area contributed by atoms with Gasteiger partial charge in [0.1, 0.15) is 6.04 Å². The SMILES string of the molecule is COC(=O)c1ccc(-c2ccc(C(=O)N[C@@H](CC(C)C)C(=O)N(C)C#N)cn2)c(Cl)c1. The molecule has 1 atom stereocenters. The predicted molar refractivity (Wildman–Crippen MR) is 115 cm³/mol. The van der Waals surface area contributed by atoms with Gasteiger partial charge in [-0.25, -0.2) is 4.79 Å². The van der Waals surface area contributed by atoms with Gasteiger partial charge in [0, 0.05) is 18.8 Å². The van der Waals surface area contributed by atoms with E-state index >= 15 is 0 Å². The largest absolute Gasteiger partial charge is 0.465 e. The fourth-order valence-electron chi connectivity index (χ4n) is 2.87. The quantitative estimate of drug-likeness (QED) is 0.400. The minimum absolute atomic E-state index is 0.136. The molecule has 0 aliphatic rings. The Morgan fingerprint density at radius 3 is 2.42 bits per heavy atom. The van der Waals surface area contributed by atoms with Crippen molar-refractivity contribution in [2.24, 2.45) is 5.92 Å². The lowest BCUT2D eigenvalue weighted by Gasteiger charge is -2.21. The minimum atomic E-state index is -0.822. The molecule has 1 heterocycles. The van der Waals surface area contributed by atoms with Crippen molar-refractivity contribution >= 4 is 29.4 Å². The maximum Gasteiger partial charge on any atom is 0.337 e. The Labute approximate surface area is 185 Å². The van der Waals surface area contributed by atoms with Gasteiger partial charge in [-0.1, -0.05) is 31.5 Å². The molecule has 1 N–H and O–H groups in total. The molecule has 0 unspecified atom stereocenters. The zero-order chi connectivity index (χ0) is 23.1. The molecule has 8 nitrogen and oxygen atoms in total. The topological polar surface area (TPSA) is 112 Å². The minimum Gasteiger partial charge on any atom is -0.465 e. The molecular weight excluding hydrogens is 420 g/mol. The molecule has 1 aromatic carbocycles. The Morgan fingerprint density at radius 1 is 1.23 bits per heavy atom. The van der Waals surface area contributed by atoms with E-state index in [2.05, 4.69) is 15.0 Å². The standard InChI is InChI=1S/C22H23ClN4O4/c1-13(2)9-19(21(29)27(3)12-24)26-20(28)15-6-8-18(25-11-15)16-7-5-14(10-17(16)23)22(30)31-4/h5-8,10-11,13,19H,9H2,1-4H3,(H,26,28)/t19-/m0/s1. The number of hydrogen-bond acceptors (Lipinski definition) is 6. The molecule has 0 saturated carbocycles. The summed E-state index contributed by atoms with van der Waals surface area (Å²) in [6, 6.07) is 7.06. The third-order valence-corrected chi connectivity index (χ3v) is 4.80. The number of esters is 1. The van der Waals surface area contributed by atoms with Gasteiger partial charge in [0.2, 0.25) is 0 Å². The predicted octanol–water partition coefficient (Wildman–Crippen LogP) is 3.27. The summed E-state index contributed by atoms with van der Waals surface area (Å²) >= 11 is 6.27. The number of hydrogen-bond donors (Lipinski definition) is 1. The van der Waals surface area contributed by atoms with E-state index in [1.54, 1.807) is 30.5 Å². The maximum atomic E-state index is 12.6. The smallest absolute Gasteiger partial charge is 0.337 e. The lowest BCUT2D eigenvalue weighted by Crippen LogP contribution is -2.46. The monoisotopic (exact) mass is 442 g/mol. The van der Waals surface area contributed by atoms with Crippen LogP contribution in [0.2, 0.25) is 5.02 Å². The highest BCUT2D eigenvalue weighted by atomic mass is 35.5. The summed E-state index contributed by atoms with van der Waals surface area (Å²) in [5.74, 6) is -1.32. The van der Waals surface area contributed by atoms with E-state index < -0.39 is 23.8 Å². The third kappa shape index (κ3) is 6.03. The van der Waals surface area contributed by atoms with Gasteiger partial charge in [-0.3, -0.25) is 19.5 Å². The summed E-state index contributed by atoms with van der Waals surface area (Å²) in [6.45, 7) is 3.84. The molecule has 0 saturated heterocycles. The molecule has 0 aliphatic heterocycles. The van der Waals surface area contributed by atoms with Crippen molar-refractivity contribution in [1.82, 2.24) is 15.2 Å². The third-order valence-electron chi connectivity index (χ3n) is 4.48. The first-order valence-corrected chi connectivity index (χ1v) is 9.88. The van der Waals surface area contributed by atoms with Crippen LogP contribution in [0.5, 0.6) is 0 Å². The molecule has 1 aromatic heterocycles. The molecule has 2 aromatic rings. The lowest BCUT2D eigenvalue weighted by atomic mass is 10.0. The highest BCUT2D eigenvalue weighted by molar-refractivity contribution is 6.33. The number of aromatic nitrogens is 1. The van der Waals surface area contributed by atoms with Crippen LogP contribution in [0.3, 0.4) is 0 Å². The van der Waals surface area contributed by atoms with Crippen LogP contribution in [0.15, 0.2) is 36.5 Å². The summed E-state index contributed by atoms with van der Waals surface area (Å²) < 4.78 is 4.67. The van der Waals surface area contributed by atoms with E-state index in [1.165, 1.54) is 26.4 Å². The van der Waals surface area contributed by atoms with Gasteiger partial charge in [-0.2, -0.15) is 5.26 Å². The van der Waals surface area contributed by atoms with Gasteiger partial charge < -0.3 is 10.1 Å². The number of carbonyl (C=O) groups is 3. The van der Waals surface area contributed by atoms with E-state index in [4.69, 9.17) is 16.9 Å². The van der Waals surface area contributed by atoms with Gasteiger partial charge in [0.05, 0.1) is 29.0 Å². The summed E-state index contributed by atoms with van der Waals surface area (Å²) in [4.78, 5) is 41.8. The number of likely N-dealkylation sites (N-methyl/N-ethyl adjacent to an activating group) is 1. The number of nitriles is 1. The Kier molecular flexibility index (Phi) is 8.11.